The fourth-order valence-electron chi connectivity index (χ4n) is 1.50. The van der Waals surface area contributed by atoms with Crippen molar-refractivity contribution in [3.63, 3.8) is 0 Å². The van der Waals surface area contributed by atoms with Gasteiger partial charge >= 0.3 is 0 Å². The average Bonchev–Trinajstić information content (AvgIpc) is 2.44. The molecule has 2 aromatic carbocycles. The molecule has 0 bridgehead atoms. The van der Waals surface area contributed by atoms with Crippen molar-refractivity contribution in [1.82, 2.24) is 5.43 Å². The average molecular weight is 340 g/mol. The summed E-state index contributed by atoms with van der Waals surface area (Å²) < 4.78 is 0. The van der Waals surface area contributed by atoms with Gasteiger partial charge in [-0.3, -0.25) is 5.43 Å². The van der Waals surface area contributed by atoms with Crippen LogP contribution < -0.4 is 10.7 Å². The molecule has 0 aliphatic rings. The van der Waals surface area contributed by atoms with Gasteiger partial charge in [0.05, 0.1) is 16.9 Å². The van der Waals surface area contributed by atoms with Crippen LogP contribution in [0.5, 0.6) is 5.75 Å². The molecule has 0 saturated carbocycles. The maximum atomic E-state index is 9.58. The van der Waals surface area contributed by atoms with Crippen LogP contribution in [0.1, 0.15) is 5.56 Å². The Balaban J connectivity index is 1.95. The van der Waals surface area contributed by atoms with Crippen LogP contribution in [0.2, 0.25) is 10.0 Å². The highest BCUT2D eigenvalue weighted by atomic mass is 35.5. The van der Waals surface area contributed by atoms with E-state index in [1.807, 2.05) is 0 Å². The molecule has 0 aliphatic heterocycles. The number of hydrogen-bond acceptors (Lipinski definition) is 3. The molecule has 0 spiro atoms. The van der Waals surface area contributed by atoms with E-state index < -0.39 is 0 Å². The minimum atomic E-state index is 0.141. The number of rotatable bonds is 3. The maximum Gasteiger partial charge on any atom is 0.191 e. The third-order valence-corrected chi connectivity index (χ3v) is 3.23. The third kappa shape index (κ3) is 4.60. The van der Waals surface area contributed by atoms with Crippen LogP contribution in [0.3, 0.4) is 0 Å². The molecule has 0 amide bonds. The van der Waals surface area contributed by atoms with Gasteiger partial charge in [-0.2, -0.15) is 5.10 Å². The second-order valence-electron chi connectivity index (χ2n) is 4.01. The van der Waals surface area contributed by atoms with E-state index in [1.165, 1.54) is 6.21 Å². The number of nitrogens with one attached hydrogen (secondary N) is 2. The number of phenols is 1. The number of hydrazone groups is 1. The van der Waals surface area contributed by atoms with Gasteiger partial charge in [-0.15, -0.1) is 0 Å². The molecular formula is C14H11Cl2N3OS. The summed E-state index contributed by atoms with van der Waals surface area (Å²) in [6.45, 7) is 0. The molecule has 7 heteroatoms. The number of thiocarbonyl (C=S) groups is 1. The lowest BCUT2D eigenvalue weighted by atomic mass is 10.2. The van der Waals surface area contributed by atoms with Crippen LogP contribution in [0, 0.1) is 0 Å². The Bertz CT molecular complexity index is 692. The van der Waals surface area contributed by atoms with E-state index in [2.05, 4.69) is 15.8 Å². The van der Waals surface area contributed by atoms with Crippen molar-refractivity contribution in [2.75, 3.05) is 5.32 Å². The van der Waals surface area contributed by atoms with Crippen LogP contribution in [0.4, 0.5) is 5.69 Å². The van der Waals surface area contributed by atoms with Gasteiger partial charge in [0.15, 0.2) is 5.11 Å². The number of hydrogen-bond donors (Lipinski definition) is 3. The second-order valence-corrected chi connectivity index (χ2v) is 5.26. The Morgan fingerprint density at radius 3 is 2.67 bits per heavy atom. The first-order valence-corrected chi connectivity index (χ1v) is 7.06. The topological polar surface area (TPSA) is 56.7 Å². The van der Waals surface area contributed by atoms with E-state index in [1.54, 1.807) is 42.5 Å². The Morgan fingerprint density at radius 1 is 1.19 bits per heavy atom. The van der Waals surface area contributed by atoms with Gasteiger partial charge in [-0.05, 0) is 42.5 Å². The van der Waals surface area contributed by atoms with E-state index >= 15 is 0 Å². The van der Waals surface area contributed by atoms with Gasteiger partial charge in [0.2, 0.25) is 0 Å². The van der Waals surface area contributed by atoms with Crippen molar-refractivity contribution in [2.45, 2.75) is 0 Å². The summed E-state index contributed by atoms with van der Waals surface area (Å²) in [4.78, 5) is 0. The molecule has 0 radical (unpaired) electrons. The quantitative estimate of drug-likeness (QED) is 0.449. The summed E-state index contributed by atoms with van der Waals surface area (Å²) in [6, 6.07) is 11.9. The molecule has 0 aliphatic carbocycles. The number of nitrogens with zero attached hydrogens (tertiary/aromatic N) is 1. The number of phenolic OH excluding ortho intramolecular Hbond substituents is 1. The minimum Gasteiger partial charge on any atom is -0.507 e. The zero-order valence-corrected chi connectivity index (χ0v) is 13.0. The molecule has 0 atom stereocenters. The summed E-state index contributed by atoms with van der Waals surface area (Å²) >= 11 is 16.9. The number of halogens is 2. The van der Waals surface area contributed by atoms with E-state index in [9.17, 15) is 5.11 Å². The van der Waals surface area contributed by atoms with E-state index in [-0.39, 0.29) is 10.9 Å². The lowest BCUT2D eigenvalue weighted by Crippen LogP contribution is -2.24. The highest BCUT2D eigenvalue weighted by Gasteiger charge is 2.02. The first-order valence-electron chi connectivity index (χ1n) is 5.89. The molecule has 21 heavy (non-hydrogen) atoms. The van der Waals surface area contributed by atoms with Crippen LogP contribution in [-0.2, 0) is 0 Å². The van der Waals surface area contributed by atoms with Crippen LogP contribution in [-0.4, -0.2) is 16.4 Å². The first kappa shape index (κ1) is 15.6. The predicted octanol–water partition coefficient (Wildman–Crippen LogP) is 4.02. The van der Waals surface area contributed by atoms with Gasteiger partial charge < -0.3 is 10.4 Å². The predicted molar refractivity (Wildman–Crippen MR) is 91.5 cm³/mol. The zero-order chi connectivity index (χ0) is 15.2. The highest BCUT2D eigenvalue weighted by Crippen LogP contribution is 2.25. The molecule has 3 N–H and O–H groups in total. The van der Waals surface area contributed by atoms with Gasteiger partial charge in [0.25, 0.3) is 0 Å². The monoisotopic (exact) mass is 339 g/mol. The van der Waals surface area contributed by atoms with Crippen molar-refractivity contribution < 1.29 is 5.11 Å². The zero-order valence-electron chi connectivity index (χ0n) is 10.7. The Hall–Kier alpha value is -1.82. The minimum absolute atomic E-state index is 0.141. The van der Waals surface area contributed by atoms with E-state index in [4.69, 9.17) is 35.4 Å². The molecule has 0 fully saturated rings. The molecule has 2 aromatic rings. The van der Waals surface area contributed by atoms with Crippen LogP contribution in [0.25, 0.3) is 0 Å². The van der Waals surface area contributed by atoms with Crippen molar-refractivity contribution in [1.29, 1.82) is 0 Å². The normalized spacial score (nSPS) is 10.6. The second kappa shape index (κ2) is 7.26. The van der Waals surface area contributed by atoms with Crippen molar-refractivity contribution in [3.05, 3.63) is 58.1 Å². The number of benzene rings is 2. The van der Waals surface area contributed by atoms with E-state index in [0.717, 1.165) is 0 Å². The molecule has 4 nitrogen and oxygen atoms in total. The molecule has 0 saturated heterocycles. The molecule has 0 heterocycles. The summed E-state index contributed by atoms with van der Waals surface area (Å²) in [5.41, 5.74) is 3.84. The standard InChI is InChI=1S/C14H11Cl2N3OS/c15-10-5-6-12(11(16)7-10)18-14(21)19-17-8-9-3-1-2-4-13(9)20/h1-8,20H,(H2,18,19,21)/b17-8-. The summed E-state index contributed by atoms with van der Waals surface area (Å²) in [7, 11) is 0. The smallest absolute Gasteiger partial charge is 0.191 e. The van der Waals surface area contributed by atoms with Crippen LogP contribution in [0.15, 0.2) is 47.6 Å². The maximum absolute atomic E-state index is 9.58. The van der Waals surface area contributed by atoms with Crippen molar-refractivity contribution in [2.24, 2.45) is 5.10 Å². The van der Waals surface area contributed by atoms with Gasteiger partial charge in [-0.1, -0.05) is 35.3 Å². The highest BCUT2D eigenvalue weighted by molar-refractivity contribution is 7.80. The fraction of sp³-hybridized carbons (Fsp3) is 0. The number of para-hydroxylation sites is 1. The Kier molecular flexibility index (Phi) is 5.38. The molecule has 2 rings (SSSR count). The molecule has 108 valence electrons. The molecular weight excluding hydrogens is 329 g/mol. The van der Waals surface area contributed by atoms with Gasteiger partial charge in [0.1, 0.15) is 5.75 Å². The third-order valence-electron chi connectivity index (χ3n) is 2.49. The van der Waals surface area contributed by atoms with Crippen LogP contribution >= 0.6 is 35.4 Å². The van der Waals surface area contributed by atoms with Crippen molar-refractivity contribution >= 4 is 52.4 Å². The number of anilines is 1. The number of aromatic hydroxyl groups is 1. The SMILES string of the molecule is Oc1ccccc1/C=N\NC(=S)Nc1ccc(Cl)cc1Cl. The first-order chi connectivity index (χ1) is 10.1. The lowest BCUT2D eigenvalue weighted by molar-refractivity contribution is 0.474. The fourth-order valence-corrected chi connectivity index (χ4v) is 2.12. The van der Waals surface area contributed by atoms with Gasteiger partial charge in [0, 0.05) is 10.6 Å². The summed E-state index contributed by atoms with van der Waals surface area (Å²) in [6.07, 6.45) is 1.47. The summed E-state index contributed by atoms with van der Waals surface area (Å²) in [5.74, 6) is 0.141. The summed E-state index contributed by atoms with van der Waals surface area (Å²) in [5, 5.41) is 17.7. The van der Waals surface area contributed by atoms with E-state index in [0.29, 0.717) is 21.3 Å². The van der Waals surface area contributed by atoms with Gasteiger partial charge in [-0.25, -0.2) is 0 Å². The molecule has 0 unspecified atom stereocenters. The largest absolute Gasteiger partial charge is 0.507 e. The Labute approximate surface area is 137 Å². The Morgan fingerprint density at radius 2 is 1.95 bits per heavy atom. The lowest BCUT2D eigenvalue weighted by Gasteiger charge is -2.08. The molecule has 0 aromatic heterocycles. The van der Waals surface area contributed by atoms with Crippen molar-refractivity contribution in [3.8, 4) is 5.75 Å².